The fraction of sp³-hybridized carbons (Fsp3) is 0.528. The minimum absolute atomic E-state index is 0.0976. The first-order valence-electron chi connectivity index (χ1n) is 15.6. The van der Waals surface area contributed by atoms with Gasteiger partial charge in [-0.2, -0.15) is 0 Å². The highest BCUT2D eigenvalue weighted by atomic mass is 16.1. The van der Waals surface area contributed by atoms with Crippen molar-refractivity contribution in [2.45, 2.75) is 92.4 Å². The van der Waals surface area contributed by atoms with Gasteiger partial charge < -0.3 is 10.2 Å². The second-order valence-electron chi connectivity index (χ2n) is 11.0. The van der Waals surface area contributed by atoms with E-state index in [0.29, 0.717) is 12.0 Å². The van der Waals surface area contributed by atoms with Crippen molar-refractivity contribution in [2.75, 3.05) is 26.2 Å². The van der Waals surface area contributed by atoms with Gasteiger partial charge in [0.1, 0.15) is 0 Å². The summed E-state index contributed by atoms with van der Waals surface area (Å²) in [4.78, 5) is 16.0. The number of carbonyl (C=O) groups is 1. The van der Waals surface area contributed by atoms with E-state index in [2.05, 4.69) is 84.7 Å². The summed E-state index contributed by atoms with van der Waals surface area (Å²) in [6.07, 6.45) is 13.9. The molecule has 0 bridgehead atoms. The minimum Gasteiger partial charge on any atom is -0.354 e. The standard InChI is InChI=1S/C32H40N2O.2C2H6/c1-24-8-12-27(13-9-24)30(28-14-10-25(2)11-15-28)31(35)33-20-23-34-21-18-32(19-22-34)17-16-26-6-4-3-5-7-29(26)32;2*1-2/h5,7-15,30H,3-4,6,16-23H2,1-2H3,(H,33,35);2*1-2H3. The Kier molecular flexibility index (Phi) is 12.1. The first-order chi connectivity index (χ1) is 19.0. The van der Waals surface area contributed by atoms with Crippen LogP contribution < -0.4 is 5.32 Å². The number of allylic oxidation sites excluding steroid dienone is 4. The maximum Gasteiger partial charge on any atom is 0.232 e. The second kappa shape index (κ2) is 15.2. The third-order valence-electron chi connectivity index (χ3n) is 8.62. The Hall–Kier alpha value is -2.65. The smallest absolute Gasteiger partial charge is 0.232 e. The Morgan fingerprint density at radius 3 is 1.97 bits per heavy atom. The Labute approximate surface area is 238 Å². The van der Waals surface area contributed by atoms with Crippen LogP contribution in [-0.4, -0.2) is 37.0 Å². The van der Waals surface area contributed by atoms with Gasteiger partial charge in [0.2, 0.25) is 5.91 Å². The summed E-state index contributed by atoms with van der Waals surface area (Å²) in [6, 6.07) is 16.8. The van der Waals surface area contributed by atoms with Crippen molar-refractivity contribution in [3.05, 3.63) is 94.1 Å². The molecule has 212 valence electrons. The van der Waals surface area contributed by atoms with Gasteiger partial charge in [0.25, 0.3) is 0 Å². The van der Waals surface area contributed by atoms with Crippen LogP contribution >= 0.6 is 0 Å². The number of likely N-dealkylation sites (tertiary alicyclic amines) is 1. The summed E-state index contributed by atoms with van der Waals surface area (Å²) in [7, 11) is 0. The van der Waals surface area contributed by atoms with E-state index in [1.54, 1.807) is 11.1 Å². The largest absolute Gasteiger partial charge is 0.354 e. The zero-order valence-corrected chi connectivity index (χ0v) is 25.5. The Balaban J connectivity index is 0.00000100. The lowest BCUT2D eigenvalue weighted by atomic mass is 9.72. The molecule has 2 aliphatic carbocycles. The van der Waals surface area contributed by atoms with Crippen LogP contribution in [0.25, 0.3) is 0 Å². The number of rotatable bonds is 6. The molecule has 0 aromatic heterocycles. The molecule has 2 aromatic rings. The Bertz CT molecular complexity index is 1040. The van der Waals surface area contributed by atoms with Gasteiger partial charge in [-0.25, -0.2) is 0 Å². The average molecular weight is 529 g/mol. The van der Waals surface area contributed by atoms with E-state index in [0.717, 1.165) is 30.8 Å². The van der Waals surface area contributed by atoms with Crippen molar-refractivity contribution in [2.24, 2.45) is 5.41 Å². The SMILES string of the molecule is CC.CC.Cc1ccc(C(C(=O)NCCN2CCC3(CCC4=C3C=CCCC4)CC2)c2ccc(C)cc2)cc1. The number of nitrogens with zero attached hydrogens (tertiary/aromatic N) is 1. The molecule has 1 N–H and O–H groups in total. The molecule has 3 aliphatic rings. The molecule has 1 spiro atoms. The van der Waals surface area contributed by atoms with Crippen LogP contribution in [0, 0.1) is 19.3 Å². The molecule has 1 fully saturated rings. The summed E-state index contributed by atoms with van der Waals surface area (Å²) >= 11 is 0. The molecule has 3 heteroatoms. The zero-order valence-electron chi connectivity index (χ0n) is 25.5. The molecule has 1 heterocycles. The fourth-order valence-corrected chi connectivity index (χ4v) is 6.40. The summed E-state index contributed by atoms with van der Waals surface area (Å²) in [6.45, 7) is 16.1. The van der Waals surface area contributed by atoms with Gasteiger partial charge in [-0.15, -0.1) is 0 Å². The van der Waals surface area contributed by atoms with Gasteiger partial charge >= 0.3 is 0 Å². The van der Waals surface area contributed by atoms with Crippen LogP contribution in [-0.2, 0) is 4.79 Å². The number of nitrogens with one attached hydrogen (secondary N) is 1. The van der Waals surface area contributed by atoms with E-state index < -0.39 is 0 Å². The number of hydrogen-bond donors (Lipinski definition) is 1. The monoisotopic (exact) mass is 528 g/mol. The van der Waals surface area contributed by atoms with E-state index in [1.165, 1.54) is 56.1 Å². The van der Waals surface area contributed by atoms with Crippen LogP contribution in [0.3, 0.4) is 0 Å². The summed E-state index contributed by atoms with van der Waals surface area (Å²) in [5, 5.41) is 3.27. The highest BCUT2D eigenvalue weighted by Gasteiger charge is 2.41. The first kappa shape index (κ1) is 30.9. The normalized spacial score (nSPS) is 18.0. The zero-order chi connectivity index (χ0) is 28.3. The molecular formula is C36H52N2O. The highest BCUT2D eigenvalue weighted by Crippen LogP contribution is 2.52. The summed E-state index contributed by atoms with van der Waals surface area (Å²) < 4.78 is 0. The van der Waals surface area contributed by atoms with Gasteiger partial charge in [0.05, 0.1) is 5.92 Å². The Morgan fingerprint density at radius 2 is 1.41 bits per heavy atom. The van der Waals surface area contributed by atoms with Crippen molar-refractivity contribution in [1.82, 2.24) is 10.2 Å². The predicted molar refractivity (Wildman–Crippen MR) is 167 cm³/mol. The quantitative estimate of drug-likeness (QED) is 0.407. The molecule has 3 nitrogen and oxygen atoms in total. The second-order valence-corrected chi connectivity index (χ2v) is 11.0. The molecule has 0 radical (unpaired) electrons. The predicted octanol–water partition coefficient (Wildman–Crippen LogP) is 8.52. The van der Waals surface area contributed by atoms with E-state index in [4.69, 9.17) is 0 Å². The number of fused-ring (bicyclic) bond motifs is 1. The van der Waals surface area contributed by atoms with Crippen molar-refractivity contribution in [3.63, 3.8) is 0 Å². The van der Waals surface area contributed by atoms with Crippen LogP contribution in [0.1, 0.15) is 101 Å². The molecule has 5 rings (SSSR count). The van der Waals surface area contributed by atoms with Gasteiger partial charge in [0, 0.05) is 13.1 Å². The molecule has 0 atom stereocenters. The number of piperidine rings is 1. The number of hydrogen-bond acceptors (Lipinski definition) is 2. The third kappa shape index (κ3) is 7.72. The van der Waals surface area contributed by atoms with E-state index >= 15 is 0 Å². The summed E-state index contributed by atoms with van der Waals surface area (Å²) in [5.74, 6) is -0.174. The lowest BCUT2D eigenvalue weighted by Gasteiger charge is -2.41. The number of benzene rings is 2. The average Bonchev–Trinajstić information content (AvgIpc) is 3.13. The fourth-order valence-electron chi connectivity index (χ4n) is 6.40. The molecule has 1 saturated heterocycles. The van der Waals surface area contributed by atoms with Crippen molar-refractivity contribution >= 4 is 5.91 Å². The van der Waals surface area contributed by atoms with Crippen LogP contribution in [0.2, 0.25) is 0 Å². The molecule has 2 aromatic carbocycles. The van der Waals surface area contributed by atoms with Crippen molar-refractivity contribution in [3.8, 4) is 0 Å². The van der Waals surface area contributed by atoms with Crippen LogP contribution in [0.5, 0.6) is 0 Å². The van der Waals surface area contributed by atoms with Crippen LogP contribution in [0.15, 0.2) is 71.8 Å². The first-order valence-corrected chi connectivity index (χ1v) is 15.6. The number of amides is 1. The van der Waals surface area contributed by atoms with E-state index in [-0.39, 0.29) is 11.8 Å². The van der Waals surface area contributed by atoms with Crippen LogP contribution in [0.4, 0.5) is 0 Å². The molecule has 0 unspecified atom stereocenters. The maximum atomic E-state index is 13.4. The van der Waals surface area contributed by atoms with Crippen molar-refractivity contribution in [1.29, 1.82) is 0 Å². The minimum atomic E-state index is -0.272. The van der Waals surface area contributed by atoms with Gasteiger partial charge in [-0.1, -0.05) is 105 Å². The molecule has 1 aliphatic heterocycles. The maximum absolute atomic E-state index is 13.4. The molecule has 39 heavy (non-hydrogen) atoms. The number of carbonyl (C=O) groups excluding carboxylic acids is 1. The van der Waals surface area contributed by atoms with E-state index in [1.807, 2.05) is 27.7 Å². The van der Waals surface area contributed by atoms with Gasteiger partial charge in [-0.3, -0.25) is 4.79 Å². The van der Waals surface area contributed by atoms with Gasteiger partial charge in [-0.05, 0) is 94.0 Å². The Morgan fingerprint density at radius 1 is 0.846 bits per heavy atom. The lowest BCUT2D eigenvalue weighted by Crippen LogP contribution is -2.43. The highest BCUT2D eigenvalue weighted by molar-refractivity contribution is 5.87. The summed E-state index contributed by atoms with van der Waals surface area (Å²) in [5.41, 5.74) is 8.41. The number of aryl methyl sites for hydroxylation is 2. The molecular weight excluding hydrogens is 476 g/mol. The van der Waals surface area contributed by atoms with E-state index in [9.17, 15) is 4.79 Å². The van der Waals surface area contributed by atoms with Gasteiger partial charge in [0.15, 0.2) is 0 Å². The lowest BCUT2D eigenvalue weighted by molar-refractivity contribution is -0.121. The van der Waals surface area contributed by atoms with Crippen molar-refractivity contribution < 1.29 is 4.79 Å². The topological polar surface area (TPSA) is 32.3 Å². The third-order valence-corrected chi connectivity index (χ3v) is 8.62. The molecule has 1 amide bonds. The molecule has 0 saturated carbocycles.